The average molecular weight is 224 g/mol. The van der Waals surface area contributed by atoms with Crippen molar-refractivity contribution in [3.8, 4) is 0 Å². The van der Waals surface area contributed by atoms with Gasteiger partial charge in [-0.2, -0.15) is 0 Å². The van der Waals surface area contributed by atoms with Gasteiger partial charge in [-0.3, -0.25) is 4.90 Å². The zero-order valence-corrected chi connectivity index (χ0v) is 11.0. The Kier molecular flexibility index (Phi) is 3.91. The minimum absolute atomic E-state index is 0.292. The molecular weight excluding hydrogens is 196 g/mol. The Bertz CT molecular complexity index is 217. The number of piperidine rings is 1. The van der Waals surface area contributed by atoms with Crippen molar-refractivity contribution in [2.75, 3.05) is 19.6 Å². The lowest BCUT2D eigenvalue weighted by atomic mass is 9.87. The van der Waals surface area contributed by atoms with Crippen LogP contribution in [0, 0.1) is 11.8 Å². The Hall–Kier alpha value is -0.0800. The summed E-state index contributed by atoms with van der Waals surface area (Å²) in [6.45, 7) is 8.10. The Morgan fingerprint density at radius 1 is 1.12 bits per heavy atom. The predicted molar refractivity (Wildman–Crippen MR) is 69.4 cm³/mol. The Labute approximate surface area is 101 Å². The molecule has 1 aliphatic heterocycles. The van der Waals surface area contributed by atoms with Gasteiger partial charge in [-0.1, -0.05) is 26.2 Å². The minimum atomic E-state index is 0.292. The van der Waals surface area contributed by atoms with Gasteiger partial charge in [-0.15, -0.1) is 0 Å². The van der Waals surface area contributed by atoms with Crippen molar-refractivity contribution in [1.82, 2.24) is 4.90 Å². The second kappa shape index (κ2) is 5.05. The SMILES string of the molecule is CCC1CCN(C(C)(CN)CC2CC2)CC1. The summed E-state index contributed by atoms with van der Waals surface area (Å²) in [6.07, 6.45) is 8.35. The van der Waals surface area contributed by atoms with E-state index in [0.717, 1.165) is 18.4 Å². The van der Waals surface area contributed by atoms with Crippen molar-refractivity contribution in [2.24, 2.45) is 17.6 Å². The van der Waals surface area contributed by atoms with Gasteiger partial charge >= 0.3 is 0 Å². The third-order valence-electron chi connectivity index (χ3n) is 4.82. The molecule has 2 aliphatic rings. The highest BCUT2D eigenvalue weighted by atomic mass is 15.2. The van der Waals surface area contributed by atoms with Gasteiger partial charge in [0.2, 0.25) is 0 Å². The zero-order valence-electron chi connectivity index (χ0n) is 11.0. The van der Waals surface area contributed by atoms with Gasteiger partial charge in [-0.05, 0) is 51.1 Å². The fourth-order valence-electron chi connectivity index (χ4n) is 3.17. The molecule has 1 atom stereocenters. The first-order valence-corrected chi connectivity index (χ1v) is 7.13. The van der Waals surface area contributed by atoms with E-state index in [1.54, 1.807) is 0 Å². The highest BCUT2D eigenvalue weighted by Gasteiger charge is 2.38. The first kappa shape index (κ1) is 12.4. The van der Waals surface area contributed by atoms with Crippen LogP contribution in [-0.2, 0) is 0 Å². The lowest BCUT2D eigenvalue weighted by Gasteiger charge is -2.45. The molecule has 2 fully saturated rings. The van der Waals surface area contributed by atoms with E-state index >= 15 is 0 Å². The summed E-state index contributed by atoms with van der Waals surface area (Å²) in [4.78, 5) is 2.68. The maximum absolute atomic E-state index is 6.04. The average Bonchev–Trinajstić information content (AvgIpc) is 3.13. The predicted octanol–water partition coefficient (Wildman–Crippen LogP) is 2.63. The van der Waals surface area contributed by atoms with Crippen molar-refractivity contribution >= 4 is 0 Å². The van der Waals surface area contributed by atoms with Crippen LogP contribution in [0.2, 0.25) is 0 Å². The molecule has 94 valence electrons. The smallest absolute Gasteiger partial charge is 0.0306 e. The number of rotatable bonds is 5. The summed E-state index contributed by atoms with van der Waals surface area (Å²) in [7, 11) is 0. The summed E-state index contributed by atoms with van der Waals surface area (Å²) < 4.78 is 0. The van der Waals surface area contributed by atoms with Crippen molar-refractivity contribution < 1.29 is 0 Å². The molecule has 0 radical (unpaired) electrons. The quantitative estimate of drug-likeness (QED) is 0.778. The molecule has 16 heavy (non-hydrogen) atoms. The molecule has 0 spiro atoms. The molecule has 2 N–H and O–H groups in total. The largest absolute Gasteiger partial charge is 0.329 e. The van der Waals surface area contributed by atoms with Crippen molar-refractivity contribution in [3.63, 3.8) is 0 Å². The molecule has 1 aliphatic carbocycles. The van der Waals surface area contributed by atoms with Gasteiger partial charge in [0, 0.05) is 12.1 Å². The molecular formula is C14H28N2. The van der Waals surface area contributed by atoms with E-state index in [1.807, 2.05) is 0 Å². The van der Waals surface area contributed by atoms with Crippen molar-refractivity contribution in [3.05, 3.63) is 0 Å². The molecule has 0 aromatic carbocycles. The number of hydrogen-bond acceptors (Lipinski definition) is 2. The third-order valence-corrected chi connectivity index (χ3v) is 4.82. The fraction of sp³-hybridized carbons (Fsp3) is 1.00. The molecule has 1 heterocycles. The maximum Gasteiger partial charge on any atom is 0.0306 e. The van der Waals surface area contributed by atoms with Crippen LogP contribution >= 0.6 is 0 Å². The Balaban J connectivity index is 1.88. The molecule has 0 aromatic heterocycles. The van der Waals surface area contributed by atoms with E-state index < -0.39 is 0 Å². The van der Waals surface area contributed by atoms with E-state index in [-0.39, 0.29) is 0 Å². The molecule has 1 unspecified atom stereocenters. The first-order valence-electron chi connectivity index (χ1n) is 7.13. The molecule has 2 rings (SSSR count). The van der Waals surface area contributed by atoms with Gasteiger partial charge in [0.15, 0.2) is 0 Å². The van der Waals surface area contributed by atoms with Crippen LogP contribution in [0.15, 0.2) is 0 Å². The molecule has 0 amide bonds. The first-order chi connectivity index (χ1) is 7.68. The summed E-state index contributed by atoms with van der Waals surface area (Å²) in [6, 6.07) is 0. The normalized spacial score (nSPS) is 27.9. The van der Waals surface area contributed by atoms with Crippen LogP contribution in [-0.4, -0.2) is 30.1 Å². The molecule has 1 saturated carbocycles. The highest BCUT2D eigenvalue weighted by Crippen LogP contribution is 2.39. The number of nitrogens with two attached hydrogens (primary N) is 1. The summed E-state index contributed by atoms with van der Waals surface area (Å²) in [5, 5.41) is 0. The van der Waals surface area contributed by atoms with Gasteiger partial charge in [0.25, 0.3) is 0 Å². The van der Waals surface area contributed by atoms with Gasteiger partial charge in [0.05, 0.1) is 0 Å². The van der Waals surface area contributed by atoms with E-state index in [9.17, 15) is 0 Å². The topological polar surface area (TPSA) is 29.3 Å². The molecule has 0 aromatic rings. The van der Waals surface area contributed by atoms with Crippen LogP contribution in [0.4, 0.5) is 0 Å². The van der Waals surface area contributed by atoms with E-state index in [4.69, 9.17) is 5.73 Å². The van der Waals surface area contributed by atoms with Gasteiger partial charge < -0.3 is 5.73 Å². The lowest BCUT2D eigenvalue weighted by Crippen LogP contribution is -2.54. The Morgan fingerprint density at radius 3 is 2.19 bits per heavy atom. The zero-order chi connectivity index (χ0) is 11.6. The molecule has 0 bridgehead atoms. The monoisotopic (exact) mass is 224 g/mol. The Morgan fingerprint density at radius 2 is 1.75 bits per heavy atom. The van der Waals surface area contributed by atoms with Gasteiger partial charge in [0.1, 0.15) is 0 Å². The summed E-state index contributed by atoms with van der Waals surface area (Å²) in [5.41, 5.74) is 6.33. The summed E-state index contributed by atoms with van der Waals surface area (Å²) in [5.74, 6) is 1.96. The number of hydrogen-bond donors (Lipinski definition) is 1. The maximum atomic E-state index is 6.04. The third kappa shape index (κ3) is 2.78. The van der Waals surface area contributed by atoms with Crippen molar-refractivity contribution in [1.29, 1.82) is 0 Å². The molecule has 1 saturated heterocycles. The molecule has 2 heteroatoms. The van der Waals surface area contributed by atoms with E-state index in [2.05, 4.69) is 18.7 Å². The van der Waals surface area contributed by atoms with Crippen LogP contribution in [0.5, 0.6) is 0 Å². The van der Waals surface area contributed by atoms with Crippen LogP contribution in [0.25, 0.3) is 0 Å². The van der Waals surface area contributed by atoms with E-state index in [0.29, 0.717) is 5.54 Å². The minimum Gasteiger partial charge on any atom is -0.329 e. The lowest BCUT2D eigenvalue weighted by molar-refractivity contribution is 0.0563. The fourth-order valence-corrected chi connectivity index (χ4v) is 3.17. The second-order valence-electron chi connectivity index (χ2n) is 6.19. The number of likely N-dealkylation sites (tertiary alicyclic amines) is 1. The second-order valence-corrected chi connectivity index (χ2v) is 6.19. The number of nitrogens with zero attached hydrogens (tertiary/aromatic N) is 1. The summed E-state index contributed by atoms with van der Waals surface area (Å²) >= 11 is 0. The molecule has 2 nitrogen and oxygen atoms in total. The van der Waals surface area contributed by atoms with Crippen LogP contribution in [0.1, 0.15) is 52.4 Å². The highest BCUT2D eigenvalue weighted by molar-refractivity contribution is 4.94. The van der Waals surface area contributed by atoms with Crippen LogP contribution in [0.3, 0.4) is 0 Å². The standard InChI is InChI=1S/C14H28N2/c1-3-12-6-8-16(9-7-12)14(2,11-15)10-13-4-5-13/h12-13H,3-11,15H2,1-2H3. The van der Waals surface area contributed by atoms with Crippen LogP contribution < -0.4 is 5.73 Å². The van der Waals surface area contributed by atoms with Gasteiger partial charge in [-0.25, -0.2) is 0 Å². The van der Waals surface area contributed by atoms with Crippen molar-refractivity contribution in [2.45, 2.75) is 57.9 Å². The van der Waals surface area contributed by atoms with E-state index in [1.165, 1.54) is 51.6 Å².